The fraction of sp³-hybridized carbons (Fsp3) is 0.857. The molecule has 84 valence electrons. The maximum Gasteiger partial charge on any atom is 0.317 e. The second-order valence-electron chi connectivity index (χ2n) is 2.76. The van der Waals surface area contributed by atoms with E-state index in [2.05, 4.69) is 0 Å². The van der Waals surface area contributed by atoms with Crippen molar-refractivity contribution in [3.8, 4) is 0 Å². The van der Waals surface area contributed by atoms with Crippen LogP contribution >= 0.6 is 34.8 Å². The van der Waals surface area contributed by atoms with Crippen molar-refractivity contribution in [1.82, 2.24) is 4.90 Å². The van der Waals surface area contributed by atoms with Crippen LogP contribution in [0.5, 0.6) is 0 Å². The van der Waals surface area contributed by atoms with Gasteiger partial charge in [-0.1, -0.05) is 34.8 Å². The van der Waals surface area contributed by atoms with Crippen LogP contribution < -0.4 is 0 Å². The maximum absolute atomic E-state index is 10.4. The van der Waals surface area contributed by atoms with Gasteiger partial charge in [0.25, 0.3) is 0 Å². The summed E-state index contributed by atoms with van der Waals surface area (Å²) < 4.78 is -1.38. The molecule has 0 aliphatic rings. The molecule has 0 amide bonds. The average molecular weight is 265 g/mol. The van der Waals surface area contributed by atoms with Gasteiger partial charge in [-0.15, -0.1) is 0 Å². The van der Waals surface area contributed by atoms with E-state index in [0.29, 0.717) is 6.54 Å². The van der Waals surface area contributed by atoms with Crippen LogP contribution in [0, 0.1) is 0 Å². The highest BCUT2D eigenvalue weighted by Crippen LogP contribution is 2.29. The summed E-state index contributed by atoms with van der Waals surface area (Å²) in [6.45, 7) is 0.296. The van der Waals surface area contributed by atoms with Crippen LogP contribution in [0.3, 0.4) is 0 Å². The number of nitrogens with zero attached hydrogens (tertiary/aromatic N) is 1. The molecular formula is C7H12Cl3NO3. The molecule has 0 aromatic carbocycles. The molecule has 0 aromatic rings. The number of halogens is 3. The minimum absolute atomic E-state index is 0.118. The van der Waals surface area contributed by atoms with Gasteiger partial charge in [-0.3, -0.25) is 9.69 Å². The van der Waals surface area contributed by atoms with Gasteiger partial charge < -0.3 is 10.2 Å². The van der Waals surface area contributed by atoms with Crippen LogP contribution in [0.1, 0.15) is 6.42 Å². The molecule has 0 aliphatic heterocycles. The maximum atomic E-state index is 10.4. The Hall–Kier alpha value is 0.260. The minimum atomic E-state index is -1.38. The molecule has 0 saturated heterocycles. The fourth-order valence-corrected chi connectivity index (χ4v) is 1.14. The zero-order valence-electron chi connectivity index (χ0n) is 7.42. The van der Waals surface area contributed by atoms with Crippen LogP contribution in [0.2, 0.25) is 0 Å². The summed E-state index contributed by atoms with van der Waals surface area (Å²) in [5.74, 6) is -0.970. The second kappa shape index (κ2) is 6.69. The minimum Gasteiger partial charge on any atom is -0.480 e. The number of aliphatic hydroxyl groups excluding tert-OH is 1. The predicted octanol–water partition coefficient (Wildman–Crippen LogP) is 1.13. The van der Waals surface area contributed by atoms with E-state index in [-0.39, 0.29) is 26.1 Å². The van der Waals surface area contributed by atoms with Gasteiger partial charge in [-0.2, -0.15) is 0 Å². The predicted molar refractivity (Wildman–Crippen MR) is 56.1 cm³/mol. The summed E-state index contributed by atoms with van der Waals surface area (Å²) >= 11 is 16.5. The first-order valence-electron chi connectivity index (χ1n) is 3.97. The first-order chi connectivity index (χ1) is 6.35. The van der Waals surface area contributed by atoms with Crippen molar-refractivity contribution in [3.63, 3.8) is 0 Å². The number of carbonyl (C=O) groups is 1. The summed E-state index contributed by atoms with van der Waals surface area (Å²) in [5, 5.41) is 17.2. The molecule has 14 heavy (non-hydrogen) atoms. The molecule has 0 saturated carbocycles. The van der Waals surface area contributed by atoms with Crippen molar-refractivity contribution in [3.05, 3.63) is 0 Å². The van der Waals surface area contributed by atoms with Crippen LogP contribution in [0.25, 0.3) is 0 Å². The van der Waals surface area contributed by atoms with E-state index >= 15 is 0 Å². The van der Waals surface area contributed by atoms with E-state index < -0.39 is 9.76 Å². The highest BCUT2D eigenvalue weighted by atomic mass is 35.6. The third kappa shape index (κ3) is 8.84. The molecule has 0 atom stereocenters. The lowest BCUT2D eigenvalue weighted by molar-refractivity contribution is -0.138. The number of aliphatic hydroxyl groups is 1. The quantitative estimate of drug-likeness (QED) is 0.706. The Bertz CT molecular complexity index is 184. The van der Waals surface area contributed by atoms with Crippen LogP contribution in [-0.2, 0) is 4.79 Å². The summed E-state index contributed by atoms with van der Waals surface area (Å²) in [7, 11) is 0. The number of carboxylic acids is 1. The van der Waals surface area contributed by atoms with E-state index in [0.717, 1.165) is 0 Å². The molecule has 0 spiro atoms. The van der Waals surface area contributed by atoms with Crippen molar-refractivity contribution in [2.45, 2.75) is 10.2 Å². The monoisotopic (exact) mass is 263 g/mol. The summed E-state index contributed by atoms with van der Waals surface area (Å²) in [5.41, 5.74) is 0. The van der Waals surface area contributed by atoms with Crippen molar-refractivity contribution in [2.75, 3.05) is 26.2 Å². The molecule has 0 bridgehead atoms. The number of aliphatic carboxylic acids is 1. The lowest BCUT2D eigenvalue weighted by Gasteiger charge is -2.21. The first-order valence-corrected chi connectivity index (χ1v) is 5.10. The Balaban J connectivity index is 3.90. The van der Waals surface area contributed by atoms with Gasteiger partial charge >= 0.3 is 5.97 Å². The Morgan fingerprint density at radius 1 is 1.29 bits per heavy atom. The SMILES string of the molecule is O=C(O)CN(CCO)CCC(Cl)(Cl)Cl. The van der Waals surface area contributed by atoms with Gasteiger partial charge in [0.05, 0.1) is 13.2 Å². The lowest BCUT2D eigenvalue weighted by Crippen LogP contribution is -2.34. The standard InChI is InChI=1S/C7H12Cl3NO3/c8-7(9,10)1-2-11(3-4-12)5-6(13)14/h12H,1-5H2,(H,13,14). The Morgan fingerprint density at radius 2 is 1.86 bits per heavy atom. The number of carboxylic acid groups (broad SMARTS) is 1. The first kappa shape index (κ1) is 14.3. The van der Waals surface area contributed by atoms with E-state index in [1.165, 1.54) is 4.90 Å². The summed E-state index contributed by atoms with van der Waals surface area (Å²) in [4.78, 5) is 11.9. The number of hydrogen-bond donors (Lipinski definition) is 2. The highest BCUT2D eigenvalue weighted by Gasteiger charge is 2.21. The zero-order chi connectivity index (χ0) is 11.2. The van der Waals surface area contributed by atoms with Crippen molar-refractivity contribution >= 4 is 40.8 Å². The highest BCUT2D eigenvalue weighted by molar-refractivity contribution is 6.67. The molecule has 0 radical (unpaired) electrons. The van der Waals surface area contributed by atoms with Gasteiger partial charge in [0, 0.05) is 19.5 Å². The van der Waals surface area contributed by atoms with E-state index in [9.17, 15) is 4.79 Å². The van der Waals surface area contributed by atoms with Gasteiger partial charge in [0.1, 0.15) is 0 Å². The van der Waals surface area contributed by atoms with Gasteiger partial charge in [0.2, 0.25) is 0 Å². The van der Waals surface area contributed by atoms with Gasteiger partial charge in [0.15, 0.2) is 3.79 Å². The number of rotatable bonds is 6. The van der Waals surface area contributed by atoms with E-state index in [1.807, 2.05) is 0 Å². The second-order valence-corrected chi connectivity index (χ2v) is 5.27. The van der Waals surface area contributed by atoms with Crippen molar-refractivity contribution in [1.29, 1.82) is 0 Å². The van der Waals surface area contributed by atoms with E-state index in [1.54, 1.807) is 0 Å². The topological polar surface area (TPSA) is 60.8 Å². The summed E-state index contributed by atoms with van der Waals surface area (Å²) in [6, 6.07) is 0. The Morgan fingerprint density at radius 3 is 2.21 bits per heavy atom. The van der Waals surface area contributed by atoms with Crippen LogP contribution in [0.15, 0.2) is 0 Å². The largest absolute Gasteiger partial charge is 0.480 e. The molecule has 0 aliphatic carbocycles. The number of hydrogen-bond acceptors (Lipinski definition) is 3. The molecule has 0 heterocycles. The average Bonchev–Trinajstić information content (AvgIpc) is 1.98. The molecule has 0 aromatic heterocycles. The van der Waals surface area contributed by atoms with Gasteiger partial charge in [-0.25, -0.2) is 0 Å². The molecule has 4 nitrogen and oxygen atoms in total. The zero-order valence-corrected chi connectivity index (χ0v) is 9.69. The summed E-state index contributed by atoms with van der Waals surface area (Å²) in [6.07, 6.45) is 0.227. The lowest BCUT2D eigenvalue weighted by atomic mass is 10.4. The molecule has 7 heteroatoms. The molecular weight excluding hydrogens is 252 g/mol. The molecule has 2 N–H and O–H groups in total. The molecule has 0 fully saturated rings. The molecule has 0 rings (SSSR count). The molecule has 0 unspecified atom stereocenters. The van der Waals surface area contributed by atoms with Crippen LogP contribution in [0.4, 0.5) is 0 Å². The fourth-order valence-electron chi connectivity index (χ4n) is 0.888. The van der Waals surface area contributed by atoms with E-state index in [4.69, 9.17) is 45.0 Å². The Kier molecular flexibility index (Phi) is 6.81. The van der Waals surface area contributed by atoms with Crippen LogP contribution in [-0.4, -0.2) is 51.1 Å². The Labute approximate surface area is 97.3 Å². The number of alkyl halides is 3. The van der Waals surface area contributed by atoms with Crippen molar-refractivity contribution in [2.24, 2.45) is 0 Å². The third-order valence-corrected chi connectivity index (χ3v) is 2.05. The van der Waals surface area contributed by atoms with Crippen molar-refractivity contribution < 1.29 is 15.0 Å². The smallest absolute Gasteiger partial charge is 0.317 e. The normalized spacial score (nSPS) is 12.1. The third-order valence-electron chi connectivity index (χ3n) is 1.49. The van der Waals surface area contributed by atoms with Gasteiger partial charge in [-0.05, 0) is 0 Å².